The molecule has 0 unspecified atom stereocenters. The Bertz CT molecular complexity index is 505. The third-order valence-electron chi connectivity index (χ3n) is 3.25. The normalized spacial score (nSPS) is 13.6. The summed E-state index contributed by atoms with van der Waals surface area (Å²) in [4.78, 5) is 12.0. The molecule has 0 heterocycles. The molecule has 0 fully saturated rings. The van der Waals surface area contributed by atoms with Crippen molar-refractivity contribution in [2.45, 2.75) is 39.5 Å². The fourth-order valence-corrected chi connectivity index (χ4v) is 2.19. The van der Waals surface area contributed by atoms with Gasteiger partial charge in [0.1, 0.15) is 0 Å². The molecular weight excluding hydrogens is 224 g/mol. The first kappa shape index (κ1) is 12.9. The summed E-state index contributed by atoms with van der Waals surface area (Å²) in [5, 5.41) is 0. The van der Waals surface area contributed by atoms with Crippen LogP contribution in [0, 0.1) is 0 Å². The molecule has 1 aromatic carbocycles. The van der Waals surface area contributed by atoms with E-state index in [1.54, 1.807) is 0 Å². The van der Waals surface area contributed by atoms with Crippen molar-refractivity contribution < 1.29 is 9.53 Å². The van der Waals surface area contributed by atoms with Crippen LogP contribution >= 0.6 is 0 Å². The number of hydrogen-bond acceptors (Lipinski definition) is 2. The van der Waals surface area contributed by atoms with Gasteiger partial charge in [0, 0.05) is 0 Å². The molecule has 18 heavy (non-hydrogen) atoms. The van der Waals surface area contributed by atoms with Crippen molar-refractivity contribution in [3.8, 4) is 0 Å². The van der Waals surface area contributed by atoms with E-state index in [0.29, 0.717) is 12.2 Å². The molecule has 96 valence electrons. The summed E-state index contributed by atoms with van der Waals surface area (Å²) in [6, 6.07) is 4.19. The maximum atomic E-state index is 12.0. The predicted octanol–water partition coefficient (Wildman–Crippen LogP) is 3.73. The highest BCUT2D eigenvalue weighted by atomic mass is 16.5. The molecule has 0 saturated heterocycles. The Kier molecular flexibility index (Phi) is 3.29. The lowest BCUT2D eigenvalue weighted by Crippen LogP contribution is -2.15. The van der Waals surface area contributed by atoms with Crippen molar-refractivity contribution in [1.29, 1.82) is 0 Å². The van der Waals surface area contributed by atoms with Crippen LogP contribution < -0.4 is 0 Å². The number of esters is 1. The number of ether oxygens (including phenoxy) is 1. The van der Waals surface area contributed by atoms with E-state index < -0.39 is 0 Å². The summed E-state index contributed by atoms with van der Waals surface area (Å²) in [6.45, 7) is 8.72. The molecule has 0 saturated carbocycles. The standard InChI is InChI=1S/C16H20O2/c1-5-18-15(17)14-10-12(16(2,3)4)9-11-7-6-8-13(11)14/h6,8-10H,5,7H2,1-4H3. The van der Waals surface area contributed by atoms with Crippen molar-refractivity contribution >= 4 is 12.0 Å². The second-order valence-corrected chi connectivity index (χ2v) is 5.67. The molecule has 0 N–H and O–H groups in total. The first-order valence-corrected chi connectivity index (χ1v) is 6.44. The van der Waals surface area contributed by atoms with Gasteiger partial charge in [-0.3, -0.25) is 0 Å². The summed E-state index contributed by atoms with van der Waals surface area (Å²) in [6.07, 6.45) is 5.03. The molecule has 2 heteroatoms. The predicted molar refractivity (Wildman–Crippen MR) is 73.8 cm³/mol. The van der Waals surface area contributed by atoms with Gasteiger partial charge in [0.05, 0.1) is 12.2 Å². The zero-order valence-corrected chi connectivity index (χ0v) is 11.5. The van der Waals surface area contributed by atoms with Gasteiger partial charge in [-0.2, -0.15) is 0 Å². The van der Waals surface area contributed by atoms with Gasteiger partial charge in [0.2, 0.25) is 0 Å². The molecule has 0 radical (unpaired) electrons. The van der Waals surface area contributed by atoms with Gasteiger partial charge >= 0.3 is 5.97 Å². The molecule has 0 aromatic heterocycles. The molecule has 1 aliphatic carbocycles. The number of allylic oxidation sites excluding steroid dienone is 1. The van der Waals surface area contributed by atoms with Crippen LogP contribution in [0.5, 0.6) is 0 Å². The zero-order valence-electron chi connectivity index (χ0n) is 11.5. The molecule has 0 bridgehead atoms. The van der Waals surface area contributed by atoms with E-state index in [4.69, 9.17) is 4.74 Å². The summed E-state index contributed by atoms with van der Waals surface area (Å²) in [5.41, 5.74) is 4.19. The minimum absolute atomic E-state index is 0.0405. The fraction of sp³-hybridized carbons (Fsp3) is 0.438. The third kappa shape index (κ3) is 2.33. The van der Waals surface area contributed by atoms with Crippen LogP contribution in [0.15, 0.2) is 18.2 Å². The second-order valence-electron chi connectivity index (χ2n) is 5.67. The highest BCUT2D eigenvalue weighted by molar-refractivity contribution is 5.95. The van der Waals surface area contributed by atoms with Crippen LogP contribution in [-0.4, -0.2) is 12.6 Å². The van der Waals surface area contributed by atoms with Crippen LogP contribution in [0.4, 0.5) is 0 Å². The molecule has 0 atom stereocenters. The van der Waals surface area contributed by atoms with Gasteiger partial charge in [-0.15, -0.1) is 0 Å². The van der Waals surface area contributed by atoms with Crippen LogP contribution in [0.25, 0.3) is 6.08 Å². The number of carbonyl (C=O) groups excluding carboxylic acids is 1. The van der Waals surface area contributed by atoms with Crippen molar-refractivity contribution in [2.24, 2.45) is 0 Å². The quantitative estimate of drug-likeness (QED) is 0.741. The Morgan fingerprint density at radius 2 is 2.06 bits per heavy atom. The number of fused-ring (bicyclic) bond motifs is 1. The van der Waals surface area contributed by atoms with E-state index in [9.17, 15) is 4.79 Å². The van der Waals surface area contributed by atoms with Gasteiger partial charge in [0.15, 0.2) is 0 Å². The monoisotopic (exact) mass is 244 g/mol. The highest BCUT2D eigenvalue weighted by Crippen LogP contribution is 2.31. The van der Waals surface area contributed by atoms with E-state index in [2.05, 4.69) is 32.9 Å². The zero-order chi connectivity index (χ0) is 13.3. The van der Waals surface area contributed by atoms with Gasteiger partial charge < -0.3 is 4.74 Å². The molecular formula is C16H20O2. The van der Waals surface area contributed by atoms with Crippen LogP contribution in [0.2, 0.25) is 0 Å². The van der Waals surface area contributed by atoms with Crippen LogP contribution in [0.1, 0.15) is 54.7 Å². The first-order valence-electron chi connectivity index (χ1n) is 6.44. The number of rotatable bonds is 2. The van der Waals surface area contributed by atoms with Gasteiger partial charge in [-0.25, -0.2) is 4.79 Å². The topological polar surface area (TPSA) is 26.3 Å². The molecule has 1 aliphatic rings. The maximum absolute atomic E-state index is 12.0. The number of carbonyl (C=O) groups is 1. The Morgan fingerprint density at radius 3 is 2.67 bits per heavy atom. The lowest BCUT2D eigenvalue weighted by molar-refractivity contribution is 0.0526. The van der Waals surface area contributed by atoms with E-state index in [-0.39, 0.29) is 11.4 Å². The van der Waals surface area contributed by atoms with E-state index in [1.165, 1.54) is 11.1 Å². The highest BCUT2D eigenvalue weighted by Gasteiger charge is 2.22. The van der Waals surface area contributed by atoms with Crippen LogP contribution in [0.3, 0.4) is 0 Å². The molecule has 0 aliphatic heterocycles. The SMILES string of the molecule is CCOC(=O)c1cc(C(C)(C)C)cc2c1C=CC2. The Labute approximate surface area is 109 Å². The third-order valence-corrected chi connectivity index (χ3v) is 3.25. The van der Waals surface area contributed by atoms with Gasteiger partial charge in [-0.05, 0) is 41.5 Å². The Balaban J connectivity index is 2.53. The summed E-state index contributed by atoms with van der Waals surface area (Å²) < 4.78 is 5.15. The average Bonchev–Trinajstić information content (AvgIpc) is 2.74. The van der Waals surface area contributed by atoms with E-state index in [1.807, 2.05) is 19.1 Å². The lowest BCUT2D eigenvalue weighted by atomic mass is 9.84. The fourth-order valence-electron chi connectivity index (χ4n) is 2.19. The second kappa shape index (κ2) is 4.60. The minimum Gasteiger partial charge on any atom is -0.462 e. The van der Waals surface area contributed by atoms with Gasteiger partial charge in [-0.1, -0.05) is 39.0 Å². The molecule has 0 spiro atoms. The van der Waals surface area contributed by atoms with Crippen molar-refractivity contribution in [2.75, 3.05) is 6.61 Å². The number of benzene rings is 1. The first-order chi connectivity index (χ1) is 8.43. The van der Waals surface area contributed by atoms with Crippen LogP contribution in [-0.2, 0) is 16.6 Å². The van der Waals surface area contributed by atoms with E-state index >= 15 is 0 Å². The van der Waals surface area contributed by atoms with Crippen molar-refractivity contribution in [3.63, 3.8) is 0 Å². The summed E-state index contributed by atoms with van der Waals surface area (Å²) in [7, 11) is 0. The summed E-state index contributed by atoms with van der Waals surface area (Å²) >= 11 is 0. The minimum atomic E-state index is -0.216. The molecule has 1 aromatic rings. The Morgan fingerprint density at radius 1 is 1.33 bits per heavy atom. The molecule has 2 rings (SSSR count). The van der Waals surface area contributed by atoms with Crippen molar-refractivity contribution in [3.05, 3.63) is 40.5 Å². The van der Waals surface area contributed by atoms with Crippen molar-refractivity contribution in [1.82, 2.24) is 0 Å². The maximum Gasteiger partial charge on any atom is 0.338 e. The van der Waals surface area contributed by atoms with Gasteiger partial charge in [0.25, 0.3) is 0 Å². The molecule has 2 nitrogen and oxygen atoms in total. The largest absolute Gasteiger partial charge is 0.462 e. The molecule has 0 amide bonds. The lowest BCUT2D eigenvalue weighted by Gasteiger charge is -2.21. The van der Waals surface area contributed by atoms with E-state index in [0.717, 1.165) is 12.0 Å². The average molecular weight is 244 g/mol. The number of hydrogen-bond donors (Lipinski definition) is 0. The smallest absolute Gasteiger partial charge is 0.338 e. The summed E-state index contributed by atoms with van der Waals surface area (Å²) in [5.74, 6) is -0.216. The Hall–Kier alpha value is -1.57.